The second-order valence-corrected chi connectivity index (χ2v) is 3.66. The first-order valence-electron chi connectivity index (χ1n) is 5.16. The molecule has 0 saturated heterocycles. The standard InChI is InChI=1S/C12H18NO/c1-4-5-8-13-9-12(11(3)14)7-6-10(13)2/h6-7,9H,4-5,8H2,1-3H3/q+1. The van der Waals surface area contributed by atoms with E-state index in [9.17, 15) is 4.79 Å². The molecule has 0 aromatic carbocycles. The fourth-order valence-electron chi connectivity index (χ4n) is 1.40. The van der Waals surface area contributed by atoms with Gasteiger partial charge in [0.2, 0.25) is 0 Å². The van der Waals surface area contributed by atoms with Crippen molar-refractivity contribution in [2.75, 3.05) is 0 Å². The van der Waals surface area contributed by atoms with Crippen LogP contribution in [-0.2, 0) is 6.54 Å². The number of unbranched alkanes of at least 4 members (excludes halogenated alkanes) is 1. The quantitative estimate of drug-likeness (QED) is 0.529. The van der Waals surface area contributed by atoms with Crippen LogP contribution in [0.1, 0.15) is 42.7 Å². The monoisotopic (exact) mass is 192 g/mol. The van der Waals surface area contributed by atoms with Gasteiger partial charge in [0.15, 0.2) is 17.7 Å². The van der Waals surface area contributed by atoms with E-state index >= 15 is 0 Å². The van der Waals surface area contributed by atoms with E-state index in [2.05, 4.69) is 18.4 Å². The first kappa shape index (κ1) is 10.9. The molecule has 0 spiro atoms. The first-order valence-corrected chi connectivity index (χ1v) is 5.16. The molecule has 0 N–H and O–H groups in total. The van der Waals surface area contributed by atoms with E-state index in [4.69, 9.17) is 0 Å². The predicted octanol–water partition coefficient (Wildman–Crippen LogP) is 2.29. The first-order chi connectivity index (χ1) is 6.65. The van der Waals surface area contributed by atoms with E-state index in [0.717, 1.165) is 18.5 Å². The number of hydrogen-bond donors (Lipinski definition) is 0. The molecule has 0 bridgehead atoms. The molecule has 1 aromatic rings. The van der Waals surface area contributed by atoms with Crippen LogP contribution in [0.25, 0.3) is 0 Å². The molecule has 1 heterocycles. The molecule has 14 heavy (non-hydrogen) atoms. The highest BCUT2D eigenvalue weighted by molar-refractivity contribution is 5.93. The Morgan fingerprint density at radius 2 is 2.14 bits per heavy atom. The van der Waals surface area contributed by atoms with Crippen LogP contribution in [0.15, 0.2) is 18.3 Å². The van der Waals surface area contributed by atoms with Gasteiger partial charge >= 0.3 is 0 Å². The Kier molecular flexibility index (Phi) is 3.81. The summed E-state index contributed by atoms with van der Waals surface area (Å²) in [5, 5.41) is 0. The van der Waals surface area contributed by atoms with Crippen LogP contribution < -0.4 is 4.57 Å². The Bertz CT molecular complexity index is 331. The van der Waals surface area contributed by atoms with Crippen LogP contribution >= 0.6 is 0 Å². The van der Waals surface area contributed by atoms with Gasteiger partial charge in [0.05, 0.1) is 5.56 Å². The summed E-state index contributed by atoms with van der Waals surface area (Å²) in [6.07, 6.45) is 4.29. The Hall–Kier alpha value is -1.18. The smallest absolute Gasteiger partial charge is 0.179 e. The number of pyridine rings is 1. The third kappa shape index (κ3) is 2.66. The molecule has 1 rings (SSSR count). The number of carbonyl (C=O) groups excluding carboxylic acids is 1. The molecule has 0 saturated carbocycles. The van der Waals surface area contributed by atoms with E-state index in [1.807, 2.05) is 18.3 Å². The van der Waals surface area contributed by atoms with Crippen LogP contribution in [0.2, 0.25) is 0 Å². The summed E-state index contributed by atoms with van der Waals surface area (Å²) in [5.74, 6) is 0.134. The molecule has 2 heteroatoms. The largest absolute Gasteiger partial charge is 0.294 e. The van der Waals surface area contributed by atoms with Crippen molar-refractivity contribution in [1.29, 1.82) is 0 Å². The van der Waals surface area contributed by atoms with Crippen LogP contribution in [0.3, 0.4) is 0 Å². The number of aryl methyl sites for hydroxylation is 2. The summed E-state index contributed by atoms with van der Waals surface area (Å²) < 4.78 is 2.15. The van der Waals surface area contributed by atoms with Crippen LogP contribution in [-0.4, -0.2) is 5.78 Å². The summed E-state index contributed by atoms with van der Waals surface area (Å²) in [7, 11) is 0. The van der Waals surface area contributed by atoms with Crippen LogP contribution in [0, 0.1) is 6.92 Å². The molecule has 0 aliphatic carbocycles. The van der Waals surface area contributed by atoms with Gasteiger partial charge in [-0.25, -0.2) is 4.57 Å². The lowest BCUT2D eigenvalue weighted by Gasteiger charge is -2.00. The molecule has 0 aliphatic heterocycles. The molecular formula is C12H18NO+. The van der Waals surface area contributed by atoms with Crippen molar-refractivity contribution in [3.63, 3.8) is 0 Å². The van der Waals surface area contributed by atoms with Crippen molar-refractivity contribution in [3.05, 3.63) is 29.6 Å². The zero-order valence-corrected chi connectivity index (χ0v) is 9.21. The van der Waals surface area contributed by atoms with Crippen LogP contribution in [0.4, 0.5) is 0 Å². The number of aromatic nitrogens is 1. The summed E-state index contributed by atoms with van der Waals surface area (Å²) in [6, 6.07) is 3.90. The minimum Gasteiger partial charge on any atom is -0.294 e. The molecule has 0 aliphatic rings. The Morgan fingerprint density at radius 3 is 2.71 bits per heavy atom. The van der Waals surface area contributed by atoms with Gasteiger partial charge in [-0.1, -0.05) is 13.3 Å². The Balaban J connectivity index is 2.90. The molecule has 0 radical (unpaired) electrons. The molecule has 0 amide bonds. The zero-order valence-electron chi connectivity index (χ0n) is 9.21. The third-order valence-corrected chi connectivity index (χ3v) is 2.41. The van der Waals surface area contributed by atoms with E-state index < -0.39 is 0 Å². The second-order valence-electron chi connectivity index (χ2n) is 3.66. The lowest BCUT2D eigenvalue weighted by molar-refractivity contribution is -0.703. The molecular weight excluding hydrogens is 174 g/mol. The van der Waals surface area contributed by atoms with Gasteiger partial charge in [-0.15, -0.1) is 0 Å². The van der Waals surface area contributed by atoms with Gasteiger partial charge < -0.3 is 0 Å². The Morgan fingerprint density at radius 1 is 1.43 bits per heavy atom. The molecule has 2 nitrogen and oxygen atoms in total. The van der Waals surface area contributed by atoms with Gasteiger partial charge in [0, 0.05) is 19.4 Å². The molecule has 1 aromatic heterocycles. The maximum Gasteiger partial charge on any atom is 0.179 e. The van der Waals surface area contributed by atoms with E-state index in [0.29, 0.717) is 0 Å². The van der Waals surface area contributed by atoms with Gasteiger partial charge in [-0.05, 0) is 13.0 Å². The van der Waals surface area contributed by atoms with Gasteiger partial charge in [-0.2, -0.15) is 0 Å². The summed E-state index contributed by atoms with van der Waals surface area (Å²) in [6.45, 7) is 6.85. The number of carbonyl (C=O) groups is 1. The highest BCUT2D eigenvalue weighted by Crippen LogP contribution is 1.99. The van der Waals surface area contributed by atoms with Crippen molar-refractivity contribution >= 4 is 5.78 Å². The molecule has 0 unspecified atom stereocenters. The fraction of sp³-hybridized carbons (Fsp3) is 0.500. The number of nitrogens with zero attached hydrogens (tertiary/aromatic N) is 1. The van der Waals surface area contributed by atoms with Crippen molar-refractivity contribution in [2.24, 2.45) is 0 Å². The number of rotatable bonds is 4. The van der Waals surface area contributed by atoms with E-state index in [1.165, 1.54) is 12.1 Å². The average molecular weight is 192 g/mol. The predicted molar refractivity (Wildman–Crippen MR) is 56.3 cm³/mol. The normalized spacial score (nSPS) is 10.2. The topological polar surface area (TPSA) is 20.9 Å². The van der Waals surface area contributed by atoms with E-state index in [1.54, 1.807) is 6.92 Å². The third-order valence-electron chi connectivity index (χ3n) is 2.41. The van der Waals surface area contributed by atoms with Crippen molar-refractivity contribution < 1.29 is 9.36 Å². The second kappa shape index (κ2) is 4.89. The molecule has 0 fully saturated rings. The highest BCUT2D eigenvalue weighted by Gasteiger charge is 2.09. The molecule has 76 valence electrons. The van der Waals surface area contributed by atoms with Gasteiger partial charge in [0.25, 0.3) is 0 Å². The van der Waals surface area contributed by atoms with Crippen molar-refractivity contribution in [1.82, 2.24) is 0 Å². The minimum absolute atomic E-state index is 0.134. The Labute approximate surface area is 85.6 Å². The van der Waals surface area contributed by atoms with Crippen molar-refractivity contribution in [3.8, 4) is 0 Å². The maximum absolute atomic E-state index is 11.2. The van der Waals surface area contributed by atoms with Crippen molar-refractivity contribution in [2.45, 2.75) is 40.2 Å². The highest BCUT2D eigenvalue weighted by atomic mass is 16.1. The lowest BCUT2D eigenvalue weighted by Crippen LogP contribution is -2.37. The average Bonchev–Trinajstić information content (AvgIpc) is 2.16. The molecule has 0 atom stereocenters. The maximum atomic E-state index is 11.2. The minimum atomic E-state index is 0.134. The SMILES string of the molecule is CCCC[n+]1cc(C(C)=O)ccc1C. The summed E-state index contributed by atoms with van der Waals surface area (Å²) in [4.78, 5) is 11.2. The fourth-order valence-corrected chi connectivity index (χ4v) is 1.40. The lowest BCUT2D eigenvalue weighted by atomic mass is 10.2. The number of ketones is 1. The number of hydrogen-bond acceptors (Lipinski definition) is 1. The van der Waals surface area contributed by atoms with Gasteiger partial charge in [0.1, 0.15) is 6.54 Å². The summed E-state index contributed by atoms with van der Waals surface area (Å²) in [5.41, 5.74) is 2.01. The van der Waals surface area contributed by atoms with Gasteiger partial charge in [-0.3, -0.25) is 4.79 Å². The van der Waals surface area contributed by atoms with E-state index in [-0.39, 0.29) is 5.78 Å². The summed E-state index contributed by atoms with van der Waals surface area (Å²) >= 11 is 0. The number of Topliss-reactive ketones (excluding diaryl/α,β-unsaturated/α-hetero) is 1. The van der Waals surface area contributed by atoms with Crippen LogP contribution in [0.5, 0.6) is 0 Å². The zero-order chi connectivity index (χ0) is 10.6.